The molecular weight excluding hydrogens is 603 g/mol. The van der Waals surface area contributed by atoms with Gasteiger partial charge >= 0.3 is 0 Å². The van der Waals surface area contributed by atoms with E-state index in [2.05, 4.69) is 105 Å². The molecule has 10 aromatic rings. The first-order valence-electron chi connectivity index (χ1n) is 16.3. The molecule has 0 N–H and O–H groups in total. The van der Waals surface area contributed by atoms with E-state index in [0.29, 0.717) is 17.5 Å². The van der Waals surface area contributed by atoms with Crippen molar-refractivity contribution in [3.8, 4) is 45.5 Å². The molecule has 230 valence electrons. The maximum absolute atomic E-state index is 5.17. The first kappa shape index (κ1) is 27.3. The first-order valence-corrected chi connectivity index (χ1v) is 16.3. The average Bonchev–Trinajstić information content (AvgIpc) is 3.82. The Morgan fingerprint density at radius 2 is 0.918 bits per heavy atom. The van der Waals surface area contributed by atoms with Gasteiger partial charge in [0.15, 0.2) is 23.1 Å². The van der Waals surface area contributed by atoms with Gasteiger partial charge in [0, 0.05) is 33.5 Å². The Morgan fingerprint density at radius 1 is 0.388 bits per heavy atom. The van der Waals surface area contributed by atoms with Gasteiger partial charge in [0.1, 0.15) is 5.52 Å². The summed E-state index contributed by atoms with van der Waals surface area (Å²) in [5.74, 6) is 2.75. The minimum atomic E-state index is 0.613. The summed E-state index contributed by atoms with van der Waals surface area (Å²) in [6.45, 7) is 0. The van der Waals surface area contributed by atoms with Crippen molar-refractivity contribution in [3.05, 3.63) is 164 Å². The second-order valence-corrected chi connectivity index (χ2v) is 12.0. The Kier molecular flexibility index (Phi) is 6.04. The van der Waals surface area contributed by atoms with Gasteiger partial charge in [-0.3, -0.25) is 13.5 Å². The maximum Gasteiger partial charge on any atom is 0.221 e. The Bertz CT molecular complexity index is 2760. The number of fused-ring (bicyclic) bond motifs is 7. The fourth-order valence-corrected chi connectivity index (χ4v) is 6.91. The minimum absolute atomic E-state index is 0.613. The highest BCUT2D eigenvalue weighted by atomic mass is 15.3. The van der Waals surface area contributed by atoms with Crippen LogP contribution in [0.2, 0.25) is 0 Å². The largest absolute Gasteiger partial charge is 0.294 e. The number of para-hydroxylation sites is 4. The van der Waals surface area contributed by atoms with Gasteiger partial charge in [-0.15, -0.1) is 0 Å². The van der Waals surface area contributed by atoms with Crippen LogP contribution in [0.5, 0.6) is 0 Å². The Morgan fingerprint density at radius 3 is 1.61 bits per heavy atom. The summed E-state index contributed by atoms with van der Waals surface area (Å²) in [6, 6.07) is 56.0. The number of benzene rings is 6. The van der Waals surface area contributed by atoms with E-state index in [0.717, 1.165) is 66.9 Å². The zero-order valence-electron chi connectivity index (χ0n) is 26.2. The molecule has 49 heavy (non-hydrogen) atoms. The van der Waals surface area contributed by atoms with E-state index in [9.17, 15) is 0 Å². The molecule has 6 aromatic carbocycles. The molecule has 0 saturated carbocycles. The molecule has 10 rings (SSSR count). The van der Waals surface area contributed by atoms with Crippen molar-refractivity contribution in [2.24, 2.45) is 0 Å². The van der Waals surface area contributed by atoms with Crippen molar-refractivity contribution in [3.63, 3.8) is 0 Å². The van der Waals surface area contributed by atoms with Gasteiger partial charge in [0.25, 0.3) is 0 Å². The number of rotatable bonds is 5. The van der Waals surface area contributed by atoms with Crippen molar-refractivity contribution in [1.82, 2.24) is 33.5 Å². The highest BCUT2D eigenvalue weighted by Crippen LogP contribution is 2.38. The normalized spacial score (nSPS) is 11.7. The van der Waals surface area contributed by atoms with Gasteiger partial charge in [-0.25, -0.2) is 19.9 Å². The van der Waals surface area contributed by atoms with Crippen molar-refractivity contribution in [1.29, 1.82) is 0 Å². The fourth-order valence-electron chi connectivity index (χ4n) is 6.91. The molecule has 4 heterocycles. The number of hydrogen-bond acceptors (Lipinski definition) is 4. The van der Waals surface area contributed by atoms with Crippen molar-refractivity contribution in [2.45, 2.75) is 0 Å². The molecule has 0 unspecified atom stereocenters. The SMILES string of the molecule is c1ccc(-c2nc(-c3ccccc3)nc(-c3cccc(-n4c5ccccc5c5c4n4c6ccccc6nc4n5-c4ccccc4)c3)n2)cc1. The van der Waals surface area contributed by atoms with Crippen LogP contribution in [0, 0.1) is 0 Å². The van der Waals surface area contributed by atoms with Gasteiger partial charge < -0.3 is 0 Å². The van der Waals surface area contributed by atoms with Gasteiger partial charge in [-0.1, -0.05) is 121 Å². The van der Waals surface area contributed by atoms with Crippen molar-refractivity contribution >= 4 is 38.9 Å². The molecule has 0 fully saturated rings. The van der Waals surface area contributed by atoms with E-state index < -0.39 is 0 Å². The lowest BCUT2D eigenvalue weighted by Gasteiger charge is -2.11. The van der Waals surface area contributed by atoms with Crippen LogP contribution in [0.15, 0.2) is 164 Å². The third kappa shape index (κ3) is 4.29. The van der Waals surface area contributed by atoms with E-state index in [1.54, 1.807) is 0 Å². The van der Waals surface area contributed by atoms with Crippen molar-refractivity contribution < 1.29 is 0 Å². The van der Waals surface area contributed by atoms with E-state index in [1.165, 1.54) is 0 Å². The van der Waals surface area contributed by atoms with Gasteiger partial charge in [0.2, 0.25) is 5.78 Å². The van der Waals surface area contributed by atoms with Crippen LogP contribution in [-0.4, -0.2) is 33.5 Å². The molecule has 0 radical (unpaired) electrons. The molecule has 7 nitrogen and oxygen atoms in total. The predicted molar refractivity (Wildman–Crippen MR) is 196 cm³/mol. The van der Waals surface area contributed by atoms with Crippen LogP contribution >= 0.6 is 0 Å². The minimum Gasteiger partial charge on any atom is -0.294 e. The highest BCUT2D eigenvalue weighted by molar-refractivity contribution is 6.10. The standard InChI is InChI=1S/C42H27N7/c1-4-15-28(16-5-1)38-44-39(29-17-6-2-7-18-29)46-40(45-38)30-19-14-22-32(27-30)47-35-25-12-10-23-33(35)37-41(47)49-36-26-13-11-24-34(36)43-42(49)48(37)31-20-8-3-9-21-31/h1-27H. The van der Waals surface area contributed by atoms with E-state index in [-0.39, 0.29) is 0 Å². The van der Waals surface area contributed by atoms with Crippen LogP contribution in [0.1, 0.15) is 0 Å². The molecule has 0 amide bonds. The molecule has 0 saturated heterocycles. The zero-order valence-corrected chi connectivity index (χ0v) is 26.2. The monoisotopic (exact) mass is 629 g/mol. The summed E-state index contributed by atoms with van der Waals surface area (Å²) in [5.41, 5.74) is 10.1. The summed E-state index contributed by atoms with van der Waals surface area (Å²) in [5, 5.41) is 1.14. The smallest absolute Gasteiger partial charge is 0.221 e. The maximum atomic E-state index is 5.17. The molecule has 0 aliphatic rings. The van der Waals surface area contributed by atoms with Crippen LogP contribution < -0.4 is 0 Å². The molecule has 0 bridgehead atoms. The molecule has 0 aliphatic heterocycles. The molecule has 4 aromatic heterocycles. The van der Waals surface area contributed by atoms with Crippen molar-refractivity contribution in [2.75, 3.05) is 0 Å². The number of hydrogen-bond donors (Lipinski definition) is 0. The Hall–Kier alpha value is -6.86. The van der Waals surface area contributed by atoms with Crippen LogP contribution in [0.3, 0.4) is 0 Å². The van der Waals surface area contributed by atoms with Gasteiger partial charge in [0.05, 0.1) is 16.6 Å². The fraction of sp³-hybridized carbons (Fsp3) is 0. The summed E-state index contributed by atoms with van der Waals surface area (Å²) in [4.78, 5) is 20.1. The van der Waals surface area contributed by atoms with E-state index in [4.69, 9.17) is 19.9 Å². The second kappa shape index (κ2) is 10.9. The topological polar surface area (TPSA) is 65.8 Å². The third-order valence-electron chi connectivity index (χ3n) is 9.08. The van der Waals surface area contributed by atoms with Crippen LogP contribution in [-0.2, 0) is 0 Å². The molecule has 0 atom stereocenters. The van der Waals surface area contributed by atoms with Gasteiger partial charge in [-0.05, 0) is 42.5 Å². The van der Waals surface area contributed by atoms with E-state index in [1.807, 2.05) is 72.8 Å². The molecule has 0 aliphatic carbocycles. The number of imidazole rings is 2. The van der Waals surface area contributed by atoms with E-state index >= 15 is 0 Å². The molecule has 0 spiro atoms. The number of nitrogens with zero attached hydrogens (tertiary/aromatic N) is 7. The summed E-state index contributed by atoms with van der Waals surface area (Å²) in [6.07, 6.45) is 0. The molecular formula is C42H27N7. The zero-order chi connectivity index (χ0) is 32.3. The Labute approximate surface area is 281 Å². The Balaban J connectivity index is 1.26. The summed E-state index contributed by atoms with van der Waals surface area (Å²) < 4.78 is 6.91. The highest BCUT2D eigenvalue weighted by Gasteiger charge is 2.25. The van der Waals surface area contributed by atoms with Gasteiger partial charge in [-0.2, -0.15) is 0 Å². The van der Waals surface area contributed by atoms with Crippen LogP contribution in [0.25, 0.3) is 84.4 Å². The lowest BCUT2D eigenvalue weighted by atomic mass is 10.1. The quantitative estimate of drug-likeness (QED) is 0.190. The second-order valence-electron chi connectivity index (χ2n) is 12.0. The predicted octanol–water partition coefficient (Wildman–Crippen LogP) is 9.56. The summed E-state index contributed by atoms with van der Waals surface area (Å²) in [7, 11) is 0. The third-order valence-corrected chi connectivity index (χ3v) is 9.08. The first-order chi connectivity index (χ1) is 24.3. The molecule has 7 heteroatoms. The lowest BCUT2D eigenvalue weighted by molar-refractivity contribution is 1.07. The van der Waals surface area contributed by atoms with Crippen LogP contribution in [0.4, 0.5) is 0 Å². The lowest BCUT2D eigenvalue weighted by Crippen LogP contribution is -2.01. The summed E-state index contributed by atoms with van der Waals surface area (Å²) >= 11 is 0. The average molecular weight is 630 g/mol. The number of aromatic nitrogens is 7.